The summed E-state index contributed by atoms with van der Waals surface area (Å²) in [7, 11) is 0. The summed E-state index contributed by atoms with van der Waals surface area (Å²) >= 11 is 6.62. The summed E-state index contributed by atoms with van der Waals surface area (Å²) in [6.07, 6.45) is 0. The maximum Gasteiger partial charge on any atom is 0.326 e. The summed E-state index contributed by atoms with van der Waals surface area (Å²) in [6.45, 7) is 5.25. The maximum absolute atomic E-state index is 11.9. The number of amides is 2. The average molecular weight is 408 g/mol. The zero-order valence-electron chi connectivity index (χ0n) is 11.3. The van der Waals surface area contributed by atoms with Gasteiger partial charge in [0.25, 0.3) is 0 Å². The highest BCUT2D eigenvalue weighted by Gasteiger charge is 2.32. The zero-order chi connectivity index (χ0) is 15.5. The third-order valence-electron chi connectivity index (χ3n) is 2.57. The van der Waals surface area contributed by atoms with E-state index in [1.54, 1.807) is 32.9 Å². The number of aliphatic carboxylic acids is 1. The van der Waals surface area contributed by atoms with E-state index in [9.17, 15) is 9.59 Å². The van der Waals surface area contributed by atoms with E-state index in [1.165, 1.54) is 0 Å². The van der Waals surface area contributed by atoms with Crippen LogP contribution in [0.5, 0.6) is 0 Å². The number of carbonyl (C=O) groups is 2. The van der Waals surface area contributed by atoms with Crippen LogP contribution in [0.25, 0.3) is 0 Å². The second-order valence-electron chi connectivity index (χ2n) is 5.36. The molecule has 20 heavy (non-hydrogen) atoms. The number of benzene rings is 1. The number of urea groups is 1. The molecule has 2 amide bonds. The number of nitrogens with one attached hydrogen (secondary N) is 2. The quantitative estimate of drug-likeness (QED) is 0.712. The van der Waals surface area contributed by atoms with Crippen molar-refractivity contribution in [2.75, 3.05) is 5.32 Å². The molecular formula is C13H16Br2N2O3. The number of anilines is 1. The van der Waals surface area contributed by atoms with E-state index in [2.05, 4.69) is 42.5 Å². The van der Waals surface area contributed by atoms with E-state index in [0.717, 1.165) is 4.47 Å². The Labute approximate surface area is 134 Å². The molecule has 0 aliphatic rings. The highest BCUT2D eigenvalue weighted by atomic mass is 79.9. The molecule has 0 aliphatic carbocycles. The van der Waals surface area contributed by atoms with Crippen molar-refractivity contribution < 1.29 is 14.7 Å². The SMILES string of the molecule is CC(C)(C)[C@H](NC(=O)Nc1cc(Br)ccc1Br)C(=O)O. The Kier molecular flexibility index (Phi) is 5.59. The van der Waals surface area contributed by atoms with Crippen molar-refractivity contribution in [2.24, 2.45) is 5.41 Å². The minimum absolute atomic E-state index is 0.551. The van der Waals surface area contributed by atoms with Gasteiger partial charge in [0.05, 0.1) is 5.69 Å². The second kappa shape index (κ2) is 6.58. The van der Waals surface area contributed by atoms with Crippen LogP contribution in [0.4, 0.5) is 10.5 Å². The molecule has 3 N–H and O–H groups in total. The number of hydrogen-bond acceptors (Lipinski definition) is 2. The first-order valence-corrected chi connectivity index (χ1v) is 7.45. The Hall–Kier alpha value is -1.08. The first-order chi connectivity index (χ1) is 9.11. The monoisotopic (exact) mass is 406 g/mol. The van der Waals surface area contributed by atoms with Crippen LogP contribution in [0, 0.1) is 5.41 Å². The van der Waals surface area contributed by atoms with Gasteiger partial charge in [-0.05, 0) is 39.5 Å². The lowest BCUT2D eigenvalue weighted by molar-refractivity contribution is -0.141. The Morgan fingerprint density at radius 2 is 1.85 bits per heavy atom. The Bertz CT molecular complexity index is 527. The van der Waals surface area contributed by atoms with Gasteiger partial charge in [-0.3, -0.25) is 0 Å². The molecule has 1 aromatic rings. The van der Waals surface area contributed by atoms with Gasteiger partial charge in [-0.1, -0.05) is 36.7 Å². The topological polar surface area (TPSA) is 78.4 Å². The van der Waals surface area contributed by atoms with Gasteiger partial charge in [0.1, 0.15) is 6.04 Å². The van der Waals surface area contributed by atoms with Gasteiger partial charge < -0.3 is 15.7 Å². The Morgan fingerprint density at radius 3 is 2.35 bits per heavy atom. The minimum atomic E-state index is -1.07. The smallest absolute Gasteiger partial charge is 0.326 e. The molecule has 1 aromatic carbocycles. The molecule has 1 rings (SSSR count). The van der Waals surface area contributed by atoms with E-state index >= 15 is 0 Å². The molecule has 0 saturated carbocycles. The Balaban J connectivity index is 2.81. The normalized spacial score (nSPS) is 12.7. The van der Waals surface area contributed by atoms with E-state index in [4.69, 9.17) is 5.11 Å². The van der Waals surface area contributed by atoms with Crippen molar-refractivity contribution in [1.29, 1.82) is 0 Å². The van der Waals surface area contributed by atoms with Crippen LogP contribution >= 0.6 is 31.9 Å². The van der Waals surface area contributed by atoms with E-state index in [0.29, 0.717) is 10.2 Å². The van der Waals surface area contributed by atoms with Gasteiger partial charge in [0, 0.05) is 8.95 Å². The predicted molar refractivity (Wildman–Crippen MR) is 84.9 cm³/mol. The lowest BCUT2D eigenvalue weighted by Crippen LogP contribution is -2.50. The van der Waals surface area contributed by atoms with Gasteiger partial charge in [-0.2, -0.15) is 0 Å². The van der Waals surface area contributed by atoms with Crippen molar-refractivity contribution in [1.82, 2.24) is 5.32 Å². The third-order valence-corrected chi connectivity index (χ3v) is 3.75. The maximum atomic E-state index is 11.9. The van der Waals surface area contributed by atoms with Crippen LogP contribution in [0.1, 0.15) is 20.8 Å². The first-order valence-electron chi connectivity index (χ1n) is 5.86. The van der Waals surface area contributed by atoms with E-state index in [-0.39, 0.29) is 0 Å². The number of carboxylic acid groups (broad SMARTS) is 1. The van der Waals surface area contributed by atoms with Crippen LogP contribution in [0.3, 0.4) is 0 Å². The lowest BCUT2D eigenvalue weighted by atomic mass is 9.87. The zero-order valence-corrected chi connectivity index (χ0v) is 14.5. The molecule has 0 unspecified atom stereocenters. The summed E-state index contributed by atoms with van der Waals surface area (Å²) < 4.78 is 1.51. The molecule has 5 nitrogen and oxygen atoms in total. The van der Waals surface area contributed by atoms with E-state index < -0.39 is 23.5 Å². The molecule has 7 heteroatoms. The molecule has 0 spiro atoms. The summed E-state index contributed by atoms with van der Waals surface area (Å²) in [5.74, 6) is -1.07. The molecule has 1 atom stereocenters. The summed E-state index contributed by atoms with van der Waals surface area (Å²) in [5, 5.41) is 14.2. The molecule has 0 aliphatic heterocycles. The Morgan fingerprint density at radius 1 is 1.25 bits per heavy atom. The highest BCUT2D eigenvalue weighted by molar-refractivity contribution is 9.11. The van der Waals surface area contributed by atoms with Crippen LogP contribution < -0.4 is 10.6 Å². The van der Waals surface area contributed by atoms with Crippen LogP contribution in [-0.2, 0) is 4.79 Å². The summed E-state index contributed by atoms with van der Waals surface area (Å²) in [6, 6.07) is 3.77. The van der Waals surface area contributed by atoms with Crippen molar-refractivity contribution in [2.45, 2.75) is 26.8 Å². The van der Waals surface area contributed by atoms with Gasteiger partial charge in [-0.15, -0.1) is 0 Å². The summed E-state index contributed by atoms with van der Waals surface area (Å²) in [5.41, 5.74) is -0.0348. The van der Waals surface area contributed by atoms with Gasteiger partial charge in [-0.25, -0.2) is 9.59 Å². The standard InChI is InChI=1S/C13H16Br2N2O3/c1-13(2,3)10(11(18)19)17-12(20)16-9-6-7(14)4-5-8(9)15/h4-6,10H,1-3H3,(H,18,19)(H2,16,17,20)/t10-/m1/s1. The summed E-state index contributed by atoms with van der Waals surface area (Å²) in [4.78, 5) is 23.1. The largest absolute Gasteiger partial charge is 0.480 e. The number of carbonyl (C=O) groups excluding carboxylic acids is 1. The first kappa shape index (κ1) is 17.0. The molecule has 0 fully saturated rings. The molecule has 0 aromatic heterocycles. The second-order valence-corrected chi connectivity index (χ2v) is 7.13. The van der Waals surface area contributed by atoms with Crippen molar-refractivity contribution >= 4 is 49.5 Å². The van der Waals surface area contributed by atoms with Crippen molar-refractivity contribution in [3.05, 3.63) is 27.1 Å². The van der Waals surface area contributed by atoms with Gasteiger partial charge >= 0.3 is 12.0 Å². The fourth-order valence-corrected chi connectivity index (χ4v) is 2.24. The number of carboxylic acids is 1. The molecule has 0 radical (unpaired) electrons. The molecule has 0 bridgehead atoms. The average Bonchev–Trinajstić information content (AvgIpc) is 2.29. The molecular weight excluding hydrogens is 392 g/mol. The molecule has 110 valence electrons. The van der Waals surface area contributed by atoms with Crippen LogP contribution in [0.2, 0.25) is 0 Å². The third kappa shape index (κ3) is 4.79. The van der Waals surface area contributed by atoms with Crippen molar-refractivity contribution in [3.8, 4) is 0 Å². The van der Waals surface area contributed by atoms with Crippen LogP contribution in [0.15, 0.2) is 27.1 Å². The minimum Gasteiger partial charge on any atom is -0.480 e. The molecule has 0 saturated heterocycles. The van der Waals surface area contributed by atoms with Gasteiger partial charge in [0.2, 0.25) is 0 Å². The van der Waals surface area contributed by atoms with E-state index in [1.807, 2.05) is 6.07 Å². The fourth-order valence-electron chi connectivity index (χ4n) is 1.53. The van der Waals surface area contributed by atoms with Gasteiger partial charge in [0.15, 0.2) is 0 Å². The number of rotatable bonds is 3. The predicted octanol–water partition coefficient (Wildman–Crippen LogP) is 3.83. The van der Waals surface area contributed by atoms with Crippen LogP contribution in [-0.4, -0.2) is 23.1 Å². The number of halogens is 2. The highest BCUT2D eigenvalue weighted by Crippen LogP contribution is 2.26. The van der Waals surface area contributed by atoms with Crippen molar-refractivity contribution in [3.63, 3.8) is 0 Å². The lowest BCUT2D eigenvalue weighted by Gasteiger charge is -2.27. The number of hydrogen-bond donors (Lipinski definition) is 3. The molecule has 0 heterocycles. The fraction of sp³-hybridized carbons (Fsp3) is 0.385.